The van der Waals surface area contributed by atoms with Crippen LogP contribution in [0.25, 0.3) is 26.3 Å². The number of benzene rings is 3. The molecule has 3 aromatic carbocycles. The van der Waals surface area contributed by atoms with Crippen molar-refractivity contribution in [3.05, 3.63) is 116 Å². The fourth-order valence-electron chi connectivity index (χ4n) is 5.82. The van der Waals surface area contributed by atoms with Gasteiger partial charge in [-0.2, -0.15) is 0 Å². The molecule has 0 aliphatic carbocycles. The van der Waals surface area contributed by atoms with Gasteiger partial charge in [-0.05, 0) is 73.1 Å². The molecular formula is C34H32F3N5O3S. The normalized spacial score (nSPS) is 13.3. The van der Waals surface area contributed by atoms with E-state index in [4.69, 9.17) is 0 Å². The van der Waals surface area contributed by atoms with Crippen LogP contribution in [0, 0.1) is 17.5 Å². The number of nitrogens with one attached hydrogen (secondary N) is 1. The molecule has 0 unspecified atom stereocenters. The van der Waals surface area contributed by atoms with Crippen LogP contribution in [0.2, 0.25) is 0 Å². The van der Waals surface area contributed by atoms with Crippen LogP contribution >= 0.6 is 11.3 Å². The first-order chi connectivity index (χ1) is 22.2. The molecule has 0 radical (unpaired) electrons. The zero-order valence-corrected chi connectivity index (χ0v) is 26.2. The number of halogens is 3. The second-order valence-corrected chi connectivity index (χ2v) is 12.3. The second kappa shape index (κ2) is 13.0. The fourth-order valence-corrected chi connectivity index (χ4v) is 7.12. The predicted molar refractivity (Wildman–Crippen MR) is 174 cm³/mol. The Morgan fingerprint density at radius 2 is 1.61 bits per heavy atom. The van der Waals surface area contributed by atoms with Gasteiger partial charge in [0.15, 0.2) is 0 Å². The first-order valence-electron chi connectivity index (χ1n) is 14.9. The van der Waals surface area contributed by atoms with Crippen molar-refractivity contribution >= 4 is 33.1 Å². The van der Waals surface area contributed by atoms with Gasteiger partial charge in [-0.3, -0.25) is 14.2 Å². The summed E-state index contributed by atoms with van der Waals surface area (Å²) in [5, 5.41) is 3.31. The topological polar surface area (TPSA) is 79.6 Å². The molecule has 1 amide bonds. The lowest BCUT2D eigenvalue weighted by atomic mass is 10.1. The number of likely N-dealkylation sites (tertiary alicyclic amines) is 1. The number of carbonyl (C=O) groups is 1. The molecule has 6 rings (SSSR count). The molecule has 5 aromatic rings. The van der Waals surface area contributed by atoms with Crippen LogP contribution in [-0.4, -0.2) is 58.6 Å². The lowest BCUT2D eigenvalue weighted by Gasteiger charge is -2.22. The number of nitrogens with zero attached hydrogens (tertiary/aromatic N) is 4. The van der Waals surface area contributed by atoms with Crippen LogP contribution in [0.15, 0.2) is 76.3 Å². The minimum Gasteiger partial charge on any atom is -0.388 e. The number of thiophene rings is 1. The summed E-state index contributed by atoms with van der Waals surface area (Å²) in [6.45, 7) is 1.59. The Balaban J connectivity index is 1.58. The predicted octanol–water partition coefficient (Wildman–Crippen LogP) is 5.44. The summed E-state index contributed by atoms with van der Waals surface area (Å²) in [5.41, 5.74) is 0.681. The minimum atomic E-state index is -0.824. The van der Waals surface area contributed by atoms with E-state index in [2.05, 4.69) is 5.32 Å². The van der Waals surface area contributed by atoms with Gasteiger partial charge in [-0.15, -0.1) is 11.3 Å². The lowest BCUT2D eigenvalue weighted by molar-refractivity contribution is -0.127. The van der Waals surface area contributed by atoms with Gasteiger partial charge in [0.2, 0.25) is 5.91 Å². The zero-order valence-electron chi connectivity index (χ0n) is 25.4. The highest BCUT2D eigenvalue weighted by molar-refractivity contribution is 7.22. The summed E-state index contributed by atoms with van der Waals surface area (Å²) in [6, 6.07) is 16.0. The standard InChI is InChI=1S/C34H32F3N5O3S/c1-38-23-12-8-21(9-13-23)31-26(19-39(2)17-18-40-16-4-7-29(40)43)30-32(44)42(24-14-10-22(35)11-15-24)34(45)41(33(30)46-31)20-25-27(36)5-3-6-28(25)37/h3,5-6,8-15,38H,4,7,16-20H2,1-2H3. The van der Waals surface area contributed by atoms with E-state index in [-0.39, 0.29) is 33.9 Å². The van der Waals surface area contributed by atoms with Gasteiger partial charge in [0.1, 0.15) is 22.3 Å². The van der Waals surface area contributed by atoms with Gasteiger partial charge >= 0.3 is 5.69 Å². The molecule has 46 heavy (non-hydrogen) atoms. The van der Waals surface area contributed by atoms with E-state index in [1.807, 2.05) is 41.1 Å². The number of hydrogen-bond acceptors (Lipinski definition) is 6. The number of amides is 1. The molecule has 1 saturated heterocycles. The molecule has 0 bridgehead atoms. The first-order valence-corrected chi connectivity index (χ1v) is 15.7. The van der Waals surface area contributed by atoms with Gasteiger partial charge < -0.3 is 15.1 Å². The van der Waals surface area contributed by atoms with Crippen molar-refractivity contribution in [2.45, 2.75) is 25.9 Å². The van der Waals surface area contributed by atoms with Crippen LogP contribution < -0.4 is 16.6 Å². The quantitative estimate of drug-likeness (QED) is 0.219. The summed E-state index contributed by atoms with van der Waals surface area (Å²) in [4.78, 5) is 45.5. The van der Waals surface area contributed by atoms with Crippen molar-refractivity contribution in [1.82, 2.24) is 18.9 Å². The Hall–Kier alpha value is -4.68. The highest BCUT2D eigenvalue weighted by Crippen LogP contribution is 2.38. The number of hydrogen-bond donors (Lipinski definition) is 1. The maximum Gasteiger partial charge on any atom is 0.337 e. The van der Waals surface area contributed by atoms with E-state index < -0.39 is 35.2 Å². The molecule has 3 heterocycles. The fraction of sp³-hybridized carbons (Fsp3) is 0.265. The minimum absolute atomic E-state index is 0.117. The van der Waals surface area contributed by atoms with Gasteiger partial charge in [0, 0.05) is 55.8 Å². The Kier molecular flexibility index (Phi) is 8.83. The Labute approximate surface area is 266 Å². The summed E-state index contributed by atoms with van der Waals surface area (Å²) in [5.74, 6) is -2.08. The smallest absolute Gasteiger partial charge is 0.337 e. The molecule has 0 atom stereocenters. The lowest BCUT2D eigenvalue weighted by Crippen LogP contribution is -2.39. The van der Waals surface area contributed by atoms with Gasteiger partial charge in [-0.1, -0.05) is 18.2 Å². The molecule has 1 fully saturated rings. The van der Waals surface area contributed by atoms with Crippen molar-refractivity contribution in [1.29, 1.82) is 0 Å². The van der Waals surface area contributed by atoms with Crippen molar-refractivity contribution in [2.75, 3.05) is 39.0 Å². The van der Waals surface area contributed by atoms with Gasteiger partial charge in [0.25, 0.3) is 5.56 Å². The summed E-state index contributed by atoms with van der Waals surface area (Å²) >= 11 is 1.20. The summed E-state index contributed by atoms with van der Waals surface area (Å²) < 4.78 is 45.9. The summed E-state index contributed by atoms with van der Waals surface area (Å²) in [6.07, 6.45) is 1.36. The van der Waals surface area contributed by atoms with E-state index in [9.17, 15) is 27.6 Å². The third kappa shape index (κ3) is 5.97. The average molecular weight is 648 g/mol. The highest BCUT2D eigenvalue weighted by atomic mass is 32.1. The van der Waals surface area contributed by atoms with Crippen LogP contribution in [0.4, 0.5) is 18.9 Å². The van der Waals surface area contributed by atoms with E-state index in [0.717, 1.165) is 51.4 Å². The monoisotopic (exact) mass is 647 g/mol. The van der Waals surface area contributed by atoms with Crippen LogP contribution in [0.1, 0.15) is 24.0 Å². The molecule has 0 saturated carbocycles. The second-order valence-electron chi connectivity index (χ2n) is 11.3. The Morgan fingerprint density at radius 3 is 2.24 bits per heavy atom. The number of fused-ring (bicyclic) bond motifs is 1. The van der Waals surface area contributed by atoms with Crippen molar-refractivity contribution in [3.63, 3.8) is 0 Å². The first kappa shape index (κ1) is 31.3. The van der Waals surface area contributed by atoms with Crippen molar-refractivity contribution < 1.29 is 18.0 Å². The van der Waals surface area contributed by atoms with Crippen LogP contribution in [0.3, 0.4) is 0 Å². The number of carbonyl (C=O) groups excluding carboxylic acids is 1. The van der Waals surface area contributed by atoms with E-state index >= 15 is 0 Å². The number of likely N-dealkylation sites (N-methyl/N-ethyl adjacent to an activating group) is 1. The average Bonchev–Trinajstić information content (AvgIpc) is 3.63. The molecule has 0 spiro atoms. The van der Waals surface area contributed by atoms with E-state index in [1.165, 1.54) is 34.1 Å². The molecule has 1 aliphatic rings. The maximum atomic E-state index is 14.9. The number of rotatable bonds is 10. The number of aromatic nitrogens is 2. The van der Waals surface area contributed by atoms with Crippen LogP contribution in [0.5, 0.6) is 0 Å². The largest absolute Gasteiger partial charge is 0.388 e. The molecule has 1 aliphatic heterocycles. The van der Waals surface area contributed by atoms with E-state index in [0.29, 0.717) is 31.6 Å². The molecule has 12 heteroatoms. The number of anilines is 1. The zero-order chi connectivity index (χ0) is 32.5. The van der Waals surface area contributed by atoms with Gasteiger partial charge in [0.05, 0.1) is 17.6 Å². The third-order valence-corrected chi connectivity index (χ3v) is 9.63. The van der Waals surface area contributed by atoms with Crippen molar-refractivity contribution in [2.24, 2.45) is 0 Å². The molecule has 2 aromatic heterocycles. The SMILES string of the molecule is CNc1ccc(-c2sc3c(c2CN(C)CCN2CCCC2=O)c(=O)n(-c2ccc(F)cc2)c(=O)n3Cc2c(F)cccc2F)cc1. The summed E-state index contributed by atoms with van der Waals surface area (Å²) in [7, 11) is 3.69. The Morgan fingerprint density at radius 1 is 0.913 bits per heavy atom. The third-order valence-electron chi connectivity index (χ3n) is 8.32. The molecule has 238 valence electrons. The molecule has 1 N–H and O–H groups in total. The highest BCUT2D eigenvalue weighted by Gasteiger charge is 2.26. The maximum absolute atomic E-state index is 14.9. The molecule has 8 nitrogen and oxygen atoms in total. The van der Waals surface area contributed by atoms with Gasteiger partial charge in [-0.25, -0.2) is 22.5 Å². The molecular weight excluding hydrogens is 615 g/mol. The Bertz CT molecular complexity index is 2020. The van der Waals surface area contributed by atoms with Crippen LogP contribution in [-0.2, 0) is 17.9 Å². The van der Waals surface area contributed by atoms with E-state index in [1.54, 1.807) is 7.05 Å². The van der Waals surface area contributed by atoms with Crippen molar-refractivity contribution in [3.8, 4) is 16.1 Å².